The van der Waals surface area contributed by atoms with Gasteiger partial charge in [-0.3, -0.25) is 9.59 Å². The molecule has 114 valence electrons. The zero-order valence-corrected chi connectivity index (χ0v) is 12.5. The lowest BCUT2D eigenvalue weighted by Gasteiger charge is -2.08. The summed E-state index contributed by atoms with van der Waals surface area (Å²) in [7, 11) is 0. The first kappa shape index (κ1) is 15.9. The van der Waals surface area contributed by atoms with Crippen LogP contribution < -0.4 is 15.8 Å². The van der Waals surface area contributed by atoms with E-state index in [4.69, 9.17) is 22.1 Å². The molecule has 0 atom stereocenters. The monoisotopic (exact) mass is 318 g/mol. The topological polar surface area (TPSA) is 81.4 Å². The van der Waals surface area contributed by atoms with E-state index in [0.717, 1.165) is 0 Å². The van der Waals surface area contributed by atoms with Crippen LogP contribution in [0.4, 0.5) is 5.69 Å². The number of anilines is 1. The van der Waals surface area contributed by atoms with Gasteiger partial charge in [0.1, 0.15) is 5.75 Å². The molecule has 2 amide bonds. The smallest absolute Gasteiger partial charge is 0.248 e. The number of halogens is 1. The van der Waals surface area contributed by atoms with Crippen molar-refractivity contribution in [2.45, 2.75) is 6.42 Å². The third-order valence-electron chi connectivity index (χ3n) is 2.85. The van der Waals surface area contributed by atoms with Crippen LogP contribution in [0.25, 0.3) is 0 Å². The molecule has 0 heterocycles. The average Bonchev–Trinajstić information content (AvgIpc) is 2.48. The van der Waals surface area contributed by atoms with Gasteiger partial charge in [-0.05, 0) is 42.5 Å². The number of primary amides is 1. The molecule has 0 spiro atoms. The van der Waals surface area contributed by atoms with E-state index in [2.05, 4.69) is 5.32 Å². The molecule has 0 aliphatic heterocycles. The maximum atomic E-state index is 11.8. The Kier molecular flexibility index (Phi) is 5.38. The molecule has 22 heavy (non-hydrogen) atoms. The predicted octanol–water partition coefficient (Wildman–Crippen LogP) is 2.85. The van der Waals surface area contributed by atoms with Crippen LogP contribution in [0, 0.1) is 0 Å². The molecule has 0 saturated heterocycles. The molecule has 5 nitrogen and oxygen atoms in total. The zero-order valence-electron chi connectivity index (χ0n) is 11.7. The molecule has 0 aliphatic rings. The summed E-state index contributed by atoms with van der Waals surface area (Å²) in [5.74, 6) is -0.0761. The Morgan fingerprint density at radius 1 is 1.14 bits per heavy atom. The van der Waals surface area contributed by atoms with Gasteiger partial charge >= 0.3 is 0 Å². The molecule has 2 aromatic carbocycles. The van der Waals surface area contributed by atoms with E-state index in [1.807, 2.05) is 0 Å². The maximum Gasteiger partial charge on any atom is 0.248 e. The van der Waals surface area contributed by atoms with Gasteiger partial charge in [-0.2, -0.15) is 0 Å². The highest BCUT2D eigenvalue weighted by atomic mass is 35.5. The van der Waals surface area contributed by atoms with Gasteiger partial charge in [0.2, 0.25) is 11.8 Å². The Labute approximate surface area is 133 Å². The van der Waals surface area contributed by atoms with Crippen molar-refractivity contribution in [3.63, 3.8) is 0 Å². The predicted molar refractivity (Wildman–Crippen MR) is 85.2 cm³/mol. The molecule has 6 heteroatoms. The lowest BCUT2D eigenvalue weighted by atomic mass is 10.2. The molecule has 0 aliphatic carbocycles. The number of rotatable bonds is 6. The fourth-order valence-corrected chi connectivity index (χ4v) is 1.94. The second-order valence-electron chi connectivity index (χ2n) is 4.55. The van der Waals surface area contributed by atoms with E-state index >= 15 is 0 Å². The lowest BCUT2D eigenvalue weighted by molar-refractivity contribution is -0.116. The Hall–Kier alpha value is -2.53. The van der Waals surface area contributed by atoms with Crippen LogP contribution in [0.2, 0.25) is 5.02 Å². The van der Waals surface area contributed by atoms with Gasteiger partial charge in [0.15, 0.2) is 0 Å². The molecule has 2 rings (SSSR count). The summed E-state index contributed by atoms with van der Waals surface area (Å²) in [6.07, 6.45) is 0.198. The van der Waals surface area contributed by atoms with Crippen molar-refractivity contribution in [1.82, 2.24) is 0 Å². The van der Waals surface area contributed by atoms with Crippen LogP contribution in [0.3, 0.4) is 0 Å². The third-order valence-corrected chi connectivity index (χ3v) is 3.08. The van der Waals surface area contributed by atoms with Crippen LogP contribution in [-0.2, 0) is 4.79 Å². The fourth-order valence-electron chi connectivity index (χ4n) is 1.76. The van der Waals surface area contributed by atoms with E-state index in [1.165, 1.54) is 0 Å². The van der Waals surface area contributed by atoms with Gasteiger partial charge in [0.05, 0.1) is 13.0 Å². The third kappa shape index (κ3) is 4.79. The summed E-state index contributed by atoms with van der Waals surface area (Å²) < 4.78 is 5.44. The SMILES string of the molecule is NC(=O)c1ccc(NC(=O)CCOc2cccc(Cl)c2)cc1. The minimum absolute atomic E-state index is 0.186. The van der Waals surface area contributed by atoms with Gasteiger partial charge in [-0.15, -0.1) is 0 Å². The fraction of sp³-hybridized carbons (Fsp3) is 0.125. The number of nitrogens with one attached hydrogen (secondary N) is 1. The van der Waals surface area contributed by atoms with Gasteiger partial charge in [0.25, 0.3) is 0 Å². The van der Waals surface area contributed by atoms with Gasteiger partial charge in [-0.1, -0.05) is 17.7 Å². The number of carbonyl (C=O) groups excluding carboxylic acids is 2. The number of amides is 2. The van der Waals surface area contributed by atoms with Crippen molar-refractivity contribution in [2.75, 3.05) is 11.9 Å². The first-order valence-electron chi connectivity index (χ1n) is 6.62. The van der Waals surface area contributed by atoms with E-state index in [-0.39, 0.29) is 18.9 Å². The van der Waals surface area contributed by atoms with Crippen LogP contribution >= 0.6 is 11.6 Å². The molecule has 3 N–H and O–H groups in total. The highest BCUT2D eigenvalue weighted by Gasteiger charge is 2.05. The zero-order chi connectivity index (χ0) is 15.9. The Bertz CT molecular complexity index is 671. The van der Waals surface area contributed by atoms with Crippen molar-refractivity contribution in [3.8, 4) is 5.75 Å². The molecule has 0 bridgehead atoms. The summed E-state index contributed by atoms with van der Waals surface area (Å²) in [5, 5.41) is 3.29. The molecule has 0 aromatic heterocycles. The molecular weight excluding hydrogens is 304 g/mol. The number of hydrogen-bond acceptors (Lipinski definition) is 3. The van der Waals surface area contributed by atoms with Crippen LogP contribution in [0.15, 0.2) is 48.5 Å². The van der Waals surface area contributed by atoms with Crippen LogP contribution in [0.5, 0.6) is 5.75 Å². The molecule has 0 radical (unpaired) electrons. The second-order valence-corrected chi connectivity index (χ2v) is 4.98. The van der Waals surface area contributed by atoms with Gasteiger partial charge in [0, 0.05) is 16.3 Å². The standard InChI is InChI=1S/C16H15ClN2O3/c17-12-2-1-3-14(10-12)22-9-8-15(20)19-13-6-4-11(5-7-13)16(18)21/h1-7,10H,8-9H2,(H2,18,21)(H,19,20). The van der Waals surface area contributed by atoms with Crippen molar-refractivity contribution in [1.29, 1.82) is 0 Å². The van der Waals surface area contributed by atoms with Crippen LogP contribution in [-0.4, -0.2) is 18.4 Å². The first-order chi connectivity index (χ1) is 10.5. The summed E-state index contributed by atoms with van der Waals surface area (Å²) in [5.41, 5.74) is 6.13. The Morgan fingerprint density at radius 3 is 2.50 bits per heavy atom. The normalized spacial score (nSPS) is 10.0. The van der Waals surface area contributed by atoms with E-state index in [0.29, 0.717) is 22.0 Å². The number of carbonyl (C=O) groups is 2. The average molecular weight is 319 g/mol. The van der Waals surface area contributed by atoms with Gasteiger partial charge in [-0.25, -0.2) is 0 Å². The number of benzene rings is 2. The minimum atomic E-state index is -0.507. The highest BCUT2D eigenvalue weighted by molar-refractivity contribution is 6.30. The molecule has 0 saturated carbocycles. The van der Waals surface area contributed by atoms with Crippen molar-refractivity contribution < 1.29 is 14.3 Å². The summed E-state index contributed by atoms with van der Waals surface area (Å²) in [4.78, 5) is 22.7. The van der Waals surface area contributed by atoms with Crippen molar-refractivity contribution in [3.05, 3.63) is 59.1 Å². The number of hydrogen-bond donors (Lipinski definition) is 2. The maximum absolute atomic E-state index is 11.8. The number of ether oxygens (including phenoxy) is 1. The largest absolute Gasteiger partial charge is 0.493 e. The summed E-state index contributed by atoms with van der Waals surface area (Å²) in [6.45, 7) is 0.242. The molecular formula is C16H15ClN2O3. The van der Waals surface area contributed by atoms with Crippen LogP contribution in [0.1, 0.15) is 16.8 Å². The Morgan fingerprint density at radius 2 is 1.86 bits per heavy atom. The quantitative estimate of drug-likeness (QED) is 0.859. The summed E-state index contributed by atoms with van der Waals surface area (Å²) >= 11 is 5.84. The van der Waals surface area contributed by atoms with Crippen molar-refractivity contribution >= 4 is 29.1 Å². The molecule has 0 unspecified atom stereocenters. The lowest BCUT2D eigenvalue weighted by Crippen LogP contribution is -2.15. The first-order valence-corrected chi connectivity index (χ1v) is 7.00. The second kappa shape index (κ2) is 7.47. The number of nitrogens with two attached hydrogens (primary N) is 1. The highest BCUT2D eigenvalue weighted by Crippen LogP contribution is 2.17. The summed E-state index contributed by atoms with van der Waals surface area (Å²) in [6, 6.07) is 13.3. The molecule has 2 aromatic rings. The van der Waals surface area contributed by atoms with Gasteiger partial charge < -0.3 is 15.8 Å². The van der Waals surface area contributed by atoms with E-state index in [1.54, 1.807) is 48.5 Å². The minimum Gasteiger partial charge on any atom is -0.493 e. The van der Waals surface area contributed by atoms with Crippen molar-refractivity contribution in [2.24, 2.45) is 5.73 Å². The Balaban J connectivity index is 1.79. The molecule has 0 fully saturated rings. The van der Waals surface area contributed by atoms with E-state index < -0.39 is 5.91 Å². The van der Waals surface area contributed by atoms with E-state index in [9.17, 15) is 9.59 Å².